The van der Waals surface area contributed by atoms with Crippen LogP contribution in [-0.4, -0.2) is 40.6 Å². The third-order valence-corrected chi connectivity index (χ3v) is 0.687. The minimum Gasteiger partial charge on any atom is -0.412 e. The molecule has 0 bridgehead atoms. The van der Waals surface area contributed by atoms with Crippen molar-refractivity contribution < 1.29 is 30.2 Å². The van der Waals surface area contributed by atoms with E-state index in [0.29, 0.717) is 0 Å². The van der Waals surface area contributed by atoms with Crippen LogP contribution >= 0.6 is 7.82 Å². The maximum atomic E-state index is 8.88. The third kappa shape index (κ3) is 20.5. The predicted octanol–water partition coefficient (Wildman–Crippen LogP) is -3.80. The first-order valence-corrected chi connectivity index (χ1v) is 4.56. The van der Waals surface area contributed by atoms with E-state index in [0.717, 1.165) is 0 Å². The van der Waals surface area contributed by atoms with Crippen molar-refractivity contribution in [1.82, 2.24) is 21.1 Å². The number of anilines is 3. The highest BCUT2D eigenvalue weighted by molar-refractivity contribution is 7.45. The molecule has 1 heterocycles. The quantitative estimate of drug-likeness (QED) is 0.225. The normalized spacial score (nSPS) is 8.41. The van der Waals surface area contributed by atoms with E-state index < -0.39 is 7.82 Å². The van der Waals surface area contributed by atoms with Crippen LogP contribution in [0.25, 0.3) is 0 Å². The van der Waals surface area contributed by atoms with Crippen molar-refractivity contribution in [3.05, 3.63) is 0 Å². The number of rotatable bonds is 0. The van der Waals surface area contributed by atoms with Gasteiger partial charge in [0.25, 0.3) is 0 Å². The second-order valence-electron chi connectivity index (χ2n) is 1.92. The van der Waals surface area contributed by atoms with Gasteiger partial charge in [0.2, 0.25) is 17.8 Å². The predicted molar refractivity (Wildman–Crippen MR) is 59.6 cm³/mol. The van der Waals surface area contributed by atoms with Crippen molar-refractivity contribution in [2.75, 3.05) is 17.2 Å². The van der Waals surface area contributed by atoms with Gasteiger partial charge >= 0.3 is 7.82 Å². The summed E-state index contributed by atoms with van der Waals surface area (Å²) in [5, 5.41) is 0. The Morgan fingerprint density at radius 3 is 1.06 bits per heavy atom. The van der Waals surface area contributed by atoms with Crippen LogP contribution in [0.4, 0.5) is 17.8 Å². The van der Waals surface area contributed by atoms with Crippen LogP contribution in [0.2, 0.25) is 0 Å². The van der Waals surface area contributed by atoms with E-state index in [9.17, 15) is 0 Å². The molecular formula is C3H16N7O6P. The summed E-state index contributed by atoms with van der Waals surface area (Å²) >= 11 is 0. The largest absolute Gasteiger partial charge is 0.466 e. The topological polar surface area (TPSA) is 292 Å². The van der Waals surface area contributed by atoms with Crippen LogP contribution in [0.3, 0.4) is 0 Å². The molecule has 0 aliphatic heterocycles. The van der Waals surface area contributed by atoms with Gasteiger partial charge in [0, 0.05) is 0 Å². The Morgan fingerprint density at radius 1 is 0.824 bits per heavy atom. The third-order valence-electron chi connectivity index (χ3n) is 0.687. The van der Waals surface area contributed by atoms with Crippen molar-refractivity contribution in [2.45, 2.75) is 0 Å². The molecule has 1 aromatic rings. The summed E-state index contributed by atoms with van der Waals surface area (Å²) < 4.78 is 8.88. The second kappa shape index (κ2) is 9.61. The summed E-state index contributed by atoms with van der Waals surface area (Å²) in [6, 6.07) is 0. The van der Waals surface area contributed by atoms with Gasteiger partial charge in [0.05, 0.1) is 0 Å². The fourth-order valence-electron chi connectivity index (χ4n) is 0.427. The molecule has 17 heavy (non-hydrogen) atoms. The van der Waals surface area contributed by atoms with Crippen LogP contribution in [0.15, 0.2) is 0 Å². The maximum Gasteiger partial charge on any atom is 0.466 e. The standard InChI is InChI=1S/C3H6N6.H3N.H3O4P.2H2O/c4-1-7-2(5)9-3(6)8-1;;1-5(2,3)4;;/h(H6,4,5,6,7,8,9);1H3;(H3,1,2,3,4);2*1H2. The molecule has 1 rings (SSSR count). The fraction of sp³-hybridized carbons (Fsp3) is 0. The molecule has 0 atom stereocenters. The summed E-state index contributed by atoms with van der Waals surface area (Å²) in [6.07, 6.45) is 0. The molecule has 0 aliphatic carbocycles. The van der Waals surface area contributed by atoms with E-state index >= 15 is 0 Å². The molecule has 0 unspecified atom stereocenters. The Kier molecular flexibility index (Phi) is 13.9. The Morgan fingerprint density at radius 2 is 0.941 bits per heavy atom. The van der Waals surface area contributed by atoms with Gasteiger partial charge in [0.1, 0.15) is 0 Å². The van der Waals surface area contributed by atoms with Gasteiger partial charge in [-0.05, 0) is 0 Å². The molecule has 0 saturated carbocycles. The van der Waals surface area contributed by atoms with Crippen LogP contribution < -0.4 is 23.4 Å². The Labute approximate surface area is 95.1 Å². The zero-order valence-electron chi connectivity index (χ0n) is 8.48. The molecule has 0 amide bonds. The lowest BCUT2D eigenvalue weighted by Crippen LogP contribution is -2.05. The number of hydrogen-bond acceptors (Lipinski definition) is 8. The number of phosphoric acid groups is 1. The van der Waals surface area contributed by atoms with Crippen molar-refractivity contribution in [3.63, 3.8) is 0 Å². The fourth-order valence-corrected chi connectivity index (χ4v) is 0.427. The molecule has 14 heteroatoms. The van der Waals surface area contributed by atoms with Gasteiger partial charge in [0.15, 0.2) is 0 Å². The number of nitrogens with zero attached hydrogens (tertiary/aromatic N) is 3. The summed E-state index contributed by atoms with van der Waals surface area (Å²) in [4.78, 5) is 32.0. The van der Waals surface area contributed by atoms with Crippen LogP contribution in [0.1, 0.15) is 0 Å². The zero-order valence-corrected chi connectivity index (χ0v) is 9.37. The monoisotopic (exact) mass is 277 g/mol. The van der Waals surface area contributed by atoms with E-state index in [1.54, 1.807) is 0 Å². The molecule has 16 N–H and O–H groups in total. The highest BCUT2D eigenvalue weighted by Gasteiger charge is 2.00. The van der Waals surface area contributed by atoms with E-state index in [-0.39, 0.29) is 34.9 Å². The zero-order chi connectivity index (χ0) is 11.4. The smallest absolute Gasteiger partial charge is 0.412 e. The number of aromatic nitrogens is 3. The lowest BCUT2D eigenvalue weighted by atomic mass is 10.9. The van der Waals surface area contributed by atoms with Crippen LogP contribution in [0, 0.1) is 0 Å². The summed E-state index contributed by atoms with van der Waals surface area (Å²) in [5.41, 5.74) is 15.4. The average molecular weight is 277 g/mol. The molecule has 13 nitrogen and oxygen atoms in total. The Hall–Kier alpha value is -1.60. The number of hydrogen-bond donors (Lipinski definition) is 7. The lowest BCUT2D eigenvalue weighted by molar-refractivity contribution is 0.275. The van der Waals surface area contributed by atoms with E-state index in [1.807, 2.05) is 0 Å². The van der Waals surface area contributed by atoms with E-state index in [1.165, 1.54) is 0 Å². The van der Waals surface area contributed by atoms with Crippen molar-refractivity contribution in [1.29, 1.82) is 0 Å². The summed E-state index contributed by atoms with van der Waals surface area (Å²) in [6.45, 7) is 0. The molecule has 0 spiro atoms. The molecule has 0 fully saturated rings. The van der Waals surface area contributed by atoms with Gasteiger partial charge in [-0.2, -0.15) is 15.0 Å². The van der Waals surface area contributed by atoms with Gasteiger partial charge in [-0.1, -0.05) is 0 Å². The van der Waals surface area contributed by atoms with Gasteiger partial charge < -0.3 is 49.0 Å². The van der Waals surface area contributed by atoms with Crippen molar-refractivity contribution >= 4 is 25.7 Å². The number of nitrogens with two attached hydrogens (primary N) is 3. The summed E-state index contributed by atoms with van der Waals surface area (Å²) in [5.74, 6) is 0.125. The molecule has 0 aliphatic rings. The van der Waals surface area contributed by atoms with Crippen molar-refractivity contribution in [2.24, 2.45) is 0 Å². The molecule has 1 aromatic heterocycles. The Balaban J connectivity index is -0.0000000948. The minimum atomic E-state index is -4.64. The Bertz CT molecular complexity index is 297. The first kappa shape index (κ1) is 24.6. The van der Waals surface area contributed by atoms with Crippen LogP contribution in [-0.2, 0) is 4.57 Å². The van der Waals surface area contributed by atoms with Gasteiger partial charge in [-0.25, -0.2) is 4.57 Å². The van der Waals surface area contributed by atoms with E-state index in [2.05, 4.69) is 15.0 Å². The molecule has 0 aromatic carbocycles. The molecule has 0 saturated heterocycles. The van der Waals surface area contributed by atoms with Gasteiger partial charge in [-0.3, -0.25) is 0 Å². The van der Waals surface area contributed by atoms with E-state index in [4.69, 9.17) is 36.4 Å². The van der Waals surface area contributed by atoms with Crippen LogP contribution in [0.5, 0.6) is 0 Å². The minimum absolute atomic E-state index is 0. The lowest BCUT2D eigenvalue weighted by Gasteiger charge is -1.93. The SMILES string of the molecule is N.Nc1nc(N)nc(N)n1.O.O.O=P(O)(O)O. The van der Waals surface area contributed by atoms with Crippen molar-refractivity contribution in [3.8, 4) is 0 Å². The molecule has 0 radical (unpaired) electrons. The highest BCUT2D eigenvalue weighted by Crippen LogP contribution is 2.25. The first-order chi connectivity index (χ1) is 6.18. The first-order valence-electron chi connectivity index (χ1n) is 2.99. The summed E-state index contributed by atoms with van der Waals surface area (Å²) in [7, 11) is -4.64. The molecule has 104 valence electrons. The average Bonchev–Trinajstić information content (AvgIpc) is 1.77. The second-order valence-corrected chi connectivity index (χ2v) is 2.95. The highest BCUT2D eigenvalue weighted by atomic mass is 31.2. The number of nitrogen functional groups attached to an aromatic ring is 3. The molecular weight excluding hydrogens is 261 g/mol. The van der Waals surface area contributed by atoms with Gasteiger partial charge in [-0.15, -0.1) is 0 Å². The maximum absolute atomic E-state index is 8.88.